The Balaban J connectivity index is 2.43. The summed E-state index contributed by atoms with van der Waals surface area (Å²) in [5.41, 5.74) is 6.88. The van der Waals surface area contributed by atoms with Gasteiger partial charge in [-0.2, -0.15) is 0 Å². The van der Waals surface area contributed by atoms with E-state index in [2.05, 4.69) is 20.9 Å². The molecule has 0 spiro atoms. The van der Waals surface area contributed by atoms with Gasteiger partial charge < -0.3 is 10.6 Å². The quantitative estimate of drug-likeness (QED) is 0.865. The summed E-state index contributed by atoms with van der Waals surface area (Å²) in [6.07, 6.45) is 3.91. The van der Waals surface area contributed by atoms with Crippen LogP contribution in [0.25, 0.3) is 0 Å². The number of carbonyl (C=O) groups excluding carboxylic acids is 1. The third-order valence-electron chi connectivity index (χ3n) is 3.15. The van der Waals surface area contributed by atoms with Crippen LogP contribution in [-0.4, -0.2) is 27.4 Å². The summed E-state index contributed by atoms with van der Waals surface area (Å²) in [6, 6.07) is 1.71. The first-order valence-electron chi connectivity index (χ1n) is 5.99. The second kappa shape index (κ2) is 4.63. The van der Waals surface area contributed by atoms with Gasteiger partial charge in [-0.15, -0.1) is 0 Å². The Kier molecular flexibility index (Phi) is 3.47. The smallest absolute Gasteiger partial charge is 0.225 e. The number of nitrogens with two attached hydrogens (primary N) is 1. The zero-order chi connectivity index (χ0) is 13.5. The number of amides is 1. The average Bonchev–Trinajstić information content (AvgIpc) is 2.53. The molecule has 1 amide bonds. The number of aromatic nitrogens is 1. The number of likely N-dealkylation sites (tertiary alicyclic amines) is 1. The van der Waals surface area contributed by atoms with E-state index in [1.807, 2.05) is 31.7 Å². The molecule has 5 heteroatoms. The van der Waals surface area contributed by atoms with Crippen LogP contribution < -0.4 is 5.73 Å². The third-order valence-corrected chi connectivity index (χ3v) is 3.59. The molecule has 2 rings (SSSR count). The van der Waals surface area contributed by atoms with Crippen LogP contribution >= 0.6 is 15.9 Å². The average molecular weight is 312 g/mol. The molecule has 1 aliphatic heterocycles. The van der Waals surface area contributed by atoms with Crippen molar-refractivity contribution >= 4 is 21.8 Å². The monoisotopic (exact) mass is 311 g/mol. The lowest BCUT2D eigenvalue weighted by atomic mass is 9.98. The van der Waals surface area contributed by atoms with Crippen molar-refractivity contribution in [2.75, 3.05) is 0 Å². The van der Waals surface area contributed by atoms with Gasteiger partial charge in [0.15, 0.2) is 0 Å². The summed E-state index contributed by atoms with van der Waals surface area (Å²) in [6.45, 7) is 6.09. The number of hydrogen-bond donors (Lipinski definition) is 1. The molecule has 98 valence electrons. The molecular weight excluding hydrogens is 294 g/mol. The van der Waals surface area contributed by atoms with Crippen molar-refractivity contribution in [1.29, 1.82) is 0 Å². The maximum absolute atomic E-state index is 12.1. The van der Waals surface area contributed by atoms with Crippen LogP contribution in [0.15, 0.2) is 22.9 Å². The van der Waals surface area contributed by atoms with Gasteiger partial charge in [0.2, 0.25) is 5.91 Å². The van der Waals surface area contributed by atoms with Crippen molar-refractivity contribution < 1.29 is 4.79 Å². The highest BCUT2D eigenvalue weighted by Crippen LogP contribution is 2.37. The summed E-state index contributed by atoms with van der Waals surface area (Å²) in [5.74, 6) is 0.111. The topological polar surface area (TPSA) is 59.2 Å². The first-order chi connectivity index (χ1) is 8.30. The number of rotatable bonds is 1. The SMILES string of the molecule is CC(C)(C)N1C(=O)CC(N)C1c1cncc(Br)c1. The van der Waals surface area contributed by atoms with Gasteiger partial charge in [0.25, 0.3) is 0 Å². The number of pyridine rings is 1. The molecule has 1 aromatic heterocycles. The normalized spacial score (nSPS) is 24.7. The van der Waals surface area contributed by atoms with E-state index in [0.717, 1.165) is 10.0 Å². The van der Waals surface area contributed by atoms with Crippen molar-refractivity contribution in [3.8, 4) is 0 Å². The highest BCUT2D eigenvalue weighted by molar-refractivity contribution is 9.10. The van der Waals surface area contributed by atoms with Crippen molar-refractivity contribution in [3.63, 3.8) is 0 Å². The van der Waals surface area contributed by atoms with Gasteiger partial charge in [-0.3, -0.25) is 9.78 Å². The van der Waals surface area contributed by atoms with E-state index in [0.29, 0.717) is 6.42 Å². The van der Waals surface area contributed by atoms with Gasteiger partial charge >= 0.3 is 0 Å². The second-order valence-electron chi connectivity index (χ2n) is 5.68. The Bertz CT molecular complexity index is 470. The summed E-state index contributed by atoms with van der Waals surface area (Å²) in [5, 5.41) is 0. The maximum atomic E-state index is 12.1. The molecule has 0 bridgehead atoms. The Labute approximate surface area is 116 Å². The van der Waals surface area contributed by atoms with E-state index in [-0.39, 0.29) is 23.5 Å². The maximum Gasteiger partial charge on any atom is 0.225 e. The largest absolute Gasteiger partial charge is 0.329 e. The molecule has 2 N–H and O–H groups in total. The number of nitrogens with zero attached hydrogens (tertiary/aromatic N) is 2. The lowest BCUT2D eigenvalue weighted by Gasteiger charge is -2.38. The molecule has 2 atom stereocenters. The molecular formula is C13H18BrN3O. The van der Waals surface area contributed by atoms with Gasteiger partial charge in [0.05, 0.1) is 6.04 Å². The number of hydrogen-bond acceptors (Lipinski definition) is 3. The van der Waals surface area contributed by atoms with Gasteiger partial charge in [-0.05, 0) is 48.3 Å². The van der Waals surface area contributed by atoms with Crippen LogP contribution in [0.5, 0.6) is 0 Å². The molecule has 18 heavy (non-hydrogen) atoms. The number of halogens is 1. The molecule has 2 heterocycles. The Morgan fingerprint density at radius 3 is 2.67 bits per heavy atom. The number of carbonyl (C=O) groups is 1. The van der Waals surface area contributed by atoms with Crippen LogP contribution in [0.1, 0.15) is 38.8 Å². The first-order valence-corrected chi connectivity index (χ1v) is 6.78. The molecule has 0 saturated carbocycles. The van der Waals surface area contributed by atoms with Gasteiger partial charge in [-0.1, -0.05) is 0 Å². The van der Waals surface area contributed by atoms with Gasteiger partial charge in [-0.25, -0.2) is 0 Å². The van der Waals surface area contributed by atoms with Crippen LogP contribution in [0.3, 0.4) is 0 Å². The fraction of sp³-hybridized carbons (Fsp3) is 0.538. The lowest BCUT2D eigenvalue weighted by molar-refractivity contribution is -0.133. The minimum absolute atomic E-state index is 0.0949. The first kappa shape index (κ1) is 13.5. The molecule has 1 fully saturated rings. The second-order valence-corrected chi connectivity index (χ2v) is 6.60. The fourth-order valence-corrected chi connectivity index (χ4v) is 2.92. The van der Waals surface area contributed by atoms with Crippen molar-refractivity contribution in [2.24, 2.45) is 5.73 Å². The molecule has 1 saturated heterocycles. The van der Waals surface area contributed by atoms with Gasteiger partial charge in [0.1, 0.15) is 0 Å². The fourth-order valence-electron chi connectivity index (χ4n) is 2.54. The zero-order valence-corrected chi connectivity index (χ0v) is 12.4. The van der Waals surface area contributed by atoms with Crippen molar-refractivity contribution in [1.82, 2.24) is 9.88 Å². The van der Waals surface area contributed by atoms with Crippen molar-refractivity contribution in [2.45, 2.75) is 44.8 Å². The highest BCUT2D eigenvalue weighted by Gasteiger charge is 2.44. The molecule has 1 aromatic rings. The minimum atomic E-state index is -0.238. The minimum Gasteiger partial charge on any atom is -0.329 e. The van der Waals surface area contributed by atoms with E-state index >= 15 is 0 Å². The van der Waals surface area contributed by atoms with Gasteiger partial charge in [0, 0.05) is 34.9 Å². The molecule has 4 nitrogen and oxygen atoms in total. The Morgan fingerprint density at radius 2 is 2.11 bits per heavy atom. The van der Waals surface area contributed by atoms with E-state index in [1.165, 1.54) is 0 Å². The Hall–Kier alpha value is -0.940. The lowest BCUT2D eigenvalue weighted by Crippen LogP contribution is -2.45. The summed E-state index contributed by atoms with van der Waals surface area (Å²) < 4.78 is 0.903. The van der Waals surface area contributed by atoms with Crippen molar-refractivity contribution in [3.05, 3.63) is 28.5 Å². The molecule has 0 radical (unpaired) electrons. The third kappa shape index (κ3) is 2.42. The summed E-state index contributed by atoms with van der Waals surface area (Å²) >= 11 is 3.41. The van der Waals surface area contributed by atoms with Crippen LogP contribution in [-0.2, 0) is 4.79 Å². The molecule has 0 aliphatic carbocycles. The zero-order valence-electron chi connectivity index (χ0n) is 10.9. The van der Waals surface area contributed by atoms with E-state index < -0.39 is 0 Å². The summed E-state index contributed by atoms with van der Waals surface area (Å²) in [4.78, 5) is 18.2. The Morgan fingerprint density at radius 1 is 1.44 bits per heavy atom. The van der Waals surface area contributed by atoms with E-state index in [4.69, 9.17) is 5.73 Å². The predicted molar refractivity (Wildman–Crippen MR) is 73.9 cm³/mol. The molecule has 1 aliphatic rings. The highest BCUT2D eigenvalue weighted by atomic mass is 79.9. The molecule has 2 unspecified atom stereocenters. The van der Waals surface area contributed by atoms with Crippen LogP contribution in [0.4, 0.5) is 0 Å². The van der Waals surface area contributed by atoms with E-state index in [1.54, 1.807) is 12.4 Å². The molecule has 0 aromatic carbocycles. The van der Waals surface area contributed by atoms with Crippen LogP contribution in [0, 0.1) is 0 Å². The predicted octanol–water partition coefficient (Wildman–Crippen LogP) is 2.24. The summed E-state index contributed by atoms with van der Waals surface area (Å²) in [7, 11) is 0. The van der Waals surface area contributed by atoms with E-state index in [9.17, 15) is 4.79 Å². The van der Waals surface area contributed by atoms with Crippen LogP contribution in [0.2, 0.25) is 0 Å². The standard InChI is InChI=1S/C13H18BrN3O/c1-13(2,3)17-11(18)5-10(15)12(17)8-4-9(14)7-16-6-8/h4,6-7,10,12H,5,15H2,1-3H3.